The highest BCUT2D eigenvalue weighted by Gasteiger charge is 2.16. The maximum atomic E-state index is 13.0. The molecule has 0 saturated carbocycles. The number of hydrogen-bond donors (Lipinski definition) is 1. The first kappa shape index (κ1) is 15.1. The molecule has 1 aromatic carbocycles. The van der Waals surface area contributed by atoms with E-state index in [1.165, 1.54) is 31.2 Å². The van der Waals surface area contributed by atoms with E-state index in [1.54, 1.807) is 6.07 Å². The van der Waals surface area contributed by atoms with Crippen LogP contribution in [0.3, 0.4) is 0 Å². The molecule has 0 aliphatic carbocycles. The number of halogens is 3. The molecule has 0 fully saturated rings. The van der Waals surface area contributed by atoms with E-state index in [1.807, 2.05) is 0 Å². The van der Waals surface area contributed by atoms with Crippen molar-refractivity contribution in [2.24, 2.45) is 0 Å². The molecule has 0 unspecified atom stereocenters. The van der Waals surface area contributed by atoms with Crippen molar-refractivity contribution >= 4 is 0 Å². The lowest BCUT2D eigenvalue weighted by Crippen LogP contribution is -2.02. The van der Waals surface area contributed by atoms with Crippen molar-refractivity contribution in [3.8, 4) is 17.3 Å². The molecule has 0 spiro atoms. The smallest absolute Gasteiger partial charge is 0.333 e. The second-order valence-corrected chi connectivity index (χ2v) is 4.74. The zero-order valence-corrected chi connectivity index (χ0v) is 12.0. The van der Waals surface area contributed by atoms with Crippen LogP contribution in [0.15, 0.2) is 30.3 Å². The SMILES string of the molecule is Cc1cc(-c2n[nH]c(COc3cccc(F)c3)n2)nn1C(F)F. The second-order valence-electron chi connectivity index (χ2n) is 4.74. The Labute approximate surface area is 128 Å². The van der Waals surface area contributed by atoms with Gasteiger partial charge in [0.2, 0.25) is 5.82 Å². The molecule has 0 aliphatic heterocycles. The van der Waals surface area contributed by atoms with Crippen molar-refractivity contribution in [2.45, 2.75) is 20.1 Å². The number of aryl methyl sites for hydroxylation is 1. The number of alkyl halides is 2. The minimum atomic E-state index is -2.72. The predicted octanol–water partition coefficient (Wildman–Crippen LogP) is 3.09. The third kappa shape index (κ3) is 3.33. The average molecular weight is 323 g/mol. The van der Waals surface area contributed by atoms with Crippen LogP contribution in [0, 0.1) is 12.7 Å². The average Bonchev–Trinajstić information content (AvgIpc) is 3.11. The molecule has 23 heavy (non-hydrogen) atoms. The quantitative estimate of drug-likeness (QED) is 0.783. The summed E-state index contributed by atoms with van der Waals surface area (Å²) in [4.78, 5) is 4.13. The predicted molar refractivity (Wildman–Crippen MR) is 74.3 cm³/mol. The van der Waals surface area contributed by atoms with Gasteiger partial charge in [0, 0.05) is 11.8 Å². The lowest BCUT2D eigenvalue weighted by molar-refractivity contribution is 0.0546. The molecule has 0 aliphatic rings. The Balaban J connectivity index is 1.72. The van der Waals surface area contributed by atoms with Gasteiger partial charge in [0.15, 0.2) is 5.82 Å². The van der Waals surface area contributed by atoms with Crippen LogP contribution in [0.4, 0.5) is 13.2 Å². The summed E-state index contributed by atoms with van der Waals surface area (Å²) < 4.78 is 44.4. The van der Waals surface area contributed by atoms with Crippen LogP contribution in [0.5, 0.6) is 5.75 Å². The molecule has 0 amide bonds. The van der Waals surface area contributed by atoms with Crippen molar-refractivity contribution < 1.29 is 17.9 Å². The van der Waals surface area contributed by atoms with Gasteiger partial charge in [-0.15, -0.1) is 0 Å². The normalized spacial score (nSPS) is 11.2. The molecule has 6 nitrogen and oxygen atoms in total. The van der Waals surface area contributed by atoms with E-state index >= 15 is 0 Å². The van der Waals surface area contributed by atoms with E-state index in [0.29, 0.717) is 21.9 Å². The molecular weight excluding hydrogens is 311 g/mol. The molecule has 1 N–H and O–H groups in total. The highest BCUT2D eigenvalue weighted by atomic mass is 19.3. The molecule has 0 saturated heterocycles. The Morgan fingerprint density at radius 3 is 2.83 bits per heavy atom. The number of aromatic nitrogens is 5. The molecule has 120 valence electrons. The van der Waals surface area contributed by atoms with Gasteiger partial charge in [-0.2, -0.15) is 19.0 Å². The van der Waals surface area contributed by atoms with Crippen LogP contribution in [-0.4, -0.2) is 25.0 Å². The van der Waals surface area contributed by atoms with Crippen LogP contribution >= 0.6 is 0 Å². The van der Waals surface area contributed by atoms with Crippen LogP contribution in [-0.2, 0) is 6.61 Å². The summed E-state index contributed by atoms with van der Waals surface area (Å²) in [5.74, 6) is 0.494. The summed E-state index contributed by atoms with van der Waals surface area (Å²) in [6.07, 6.45) is 0. The molecule has 9 heteroatoms. The van der Waals surface area contributed by atoms with Crippen molar-refractivity contribution in [3.05, 3.63) is 47.7 Å². The zero-order chi connectivity index (χ0) is 16.4. The van der Waals surface area contributed by atoms with Gasteiger partial charge in [-0.1, -0.05) is 6.07 Å². The highest BCUT2D eigenvalue weighted by molar-refractivity contribution is 5.48. The van der Waals surface area contributed by atoms with E-state index < -0.39 is 12.4 Å². The fraction of sp³-hybridized carbons (Fsp3) is 0.214. The van der Waals surface area contributed by atoms with Gasteiger partial charge in [0.25, 0.3) is 0 Å². The number of ether oxygens (including phenoxy) is 1. The van der Waals surface area contributed by atoms with Crippen molar-refractivity contribution in [3.63, 3.8) is 0 Å². The Bertz CT molecular complexity index is 814. The number of hydrogen-bond acceptors (Lipinski definition) is 4. The van der Waals surface area contributed by atoms with Crippen LogP contribution in [0.25, 0.3) is 11.5 Å². The molecule has 0 atom stereocenters. The van der Waals surface area contributed by atoms with Crippen LogP contribution in [0.2, 0.25) is 0 Å². The Morgan fingerprint density at radius 2 is 2.13 bits per heavy atom. The Hall–Kier alpha value is -2.84. The fourth-order valence-corrected chi connectivity index (χ4v) is 1.98. The van der Waals surface area contributed by atoms with Gasteiger partial charge in [0.1, 0.15) is 23.9 Å². The van der Waals surface area contributed by atoms with Crippen LogP contribution < -0.4 is 4.74 Å². The Morgan fingerprint density at radius 1 is 1.30 bits per heavy atom. The van der Waals surface area contributed by atoms with Crippen molar-refractivity contribution in [1.29, 1.82) is 0 Å². The summed E-state index contributed by atoms with van der Waals surface area (Å²) in [5.41, 5.74) is 0.536. The van der Waals surface area contributed by atoms with E-state index in [-0.39, 0.29) is 18.1 Å². The molecule has 2 aromatic heterocycles. The molecule has 2 heterocycles. The van der Waals surface area contributed by atoms with E-state index in [2.05, 4.69) is 20.3 Å². The van der Waals surface area contributed by atoms with Crippen molar-refractivity contribution in [1.82, 2.24) is 25.0 Å². The van der Waals surface area contributed by atoms with Gasteiger partial charge >= 0.3 is 6.55 Å². The zero-order valence-electron chi connectivity index (χ0n) is 12.0. The maximum absolute atomic E-state index is 13.0. The fourth-order valence-electron chi connectivity index (χ4n) is 1.98. The molecule has 0 radical (unpaired) electrons. The molecule has 3 rings (SSSR count). The third-order valence-corrected chi connectivity index (χ3v) is 3.04. The number of nitrogens with zero attached hydrogens (tertiary/aromatic N) is 4. The molecule has 3 aromatic rings. The van der Waals surface area contributed by atoms with Gasteiger partial charge in [-0.05, 0) is 25.1 Å². The highest BCUT2D eigenvalue weighted by Crippen LogP contribution is 2.20. The number of H-pyrrole nitrogens is 1. The maximum Gasteiger partial charge on any atom is 0.333 e. The molecular formula is C14H12F3N5O. The number of benzene rings is 1. The van der Waals surface area contributed by atoms with E-state index in [4.69, 9.17) is 4.74 Å². The van der Waals surface area contributed by atoms with Gasteiger partial charge < -0.3 is 4.74 Å². The topological polar surface area (TPSA) is 68.6 Å². The third-order valence-electron chi connectivity index (χ3n) is 3.04. The first-order chi connectivity index (χ1) is 11.0. The minimum Gasteiger partial charge on any atom is -0.486 e. The second kappa shape index (κ2) is 6.11. The Kier molecular flexibility index (Phi) is 4.00. The summed E-state index contributed by atoms with van der Waals surface area (Å²) >= 11 is 0. The van der Waals surface area contributed by atoms with Crippen molar-refractivity contribution in [2.75, 3.05) is 0 Å². The molecule has 0 bridgehead atoms. The summed E-state index contributed by atoms with van der Waals surface area (Å²) in [6, 6.07) is 7.14. The largest absolute Gasteiger partial charge is 0.486 e. The summed E-state index contributed by atoms with van der Waals surface area (Å²) in [5, 5.41) is 10.3. The number of aromatic amines is 1. The van der Waals surface area contributed by atoms with Gasteiger partial charge in [0.05, 0.1) is 0 Å². The first-order valence-corrected chi connectivity index (χ1v) is 6.67. The van der Waals surface area contributed by atoms with Gasteiger partial charge in [-0.25, -0.2) is 14.1 Å². The monoisotopic (exact) mass is 323 g/mol. The summed E-state index contributed by atoms with van der Waals surface area (Å²) in [6.45, 7) is -1.17. The minimum absolute atomic E-state index is 0.0327. The lowest BCUT2D eigenvalue weighted by Gasteiger charge is -2.02. The summed E-state index contributed by atoms with van der Waals surface area (Å²) in [7, 11) is 0. The number of nitrogens with one attached hydrogen (secondary N) is 1. The lowest BCUT2D eigenvalue weighted by atomic mass is 10.3. The number of rotatable bonds is 5. The van der Waals surface area contributed by atoms with E-state index in [0.717, 1.165) is 0 Å². The first-order valence-electron chi connectivity index (χ1n) is 6.67. The standard InChI is InChI=1S/C14H12F3N5O/c1-8-5-11(21-22(8)14(16)17)13-18-12(19-20-13)7-23-10-4-2-3-9(15)6-10/h2-6,14H,7H2,1H3,(H,18,19,20). The van der Waals surface area contributed by atoms with Crippen LogP contribution in [0.1, 0.15) is 18.1 Å². The van der Waals surface area contributed by atoms with E-state index in [9.17, 15) is 13.2 Å². The van der Waals surface area contributed by atoms with Gasteiger partial charge in [-0.3, -0.25) is 5.10 Å².